The van der Waals surface area contributed by atoms with E-state index in [0.29, 0.717) is 38.0 Å². The zero-order valence-electron chi connectivity index (χ0n) is 26.5. The van der Waals surface area contributed by atoms with E-state index < -0.39 is 24.2 Å². The van der Waals surface area contributed by atoms with Gasteiger partial charge in [0.25, 0.3) is 5.91 Å². The third kappa shape index (κ3) is 5.30. The van der Waals surface area contributed by atoms with Crippen molar-refractivity contribution in [3.63, 3.8) is 0 Å². The molecule has 1 aromatic heterocycles. The van der Waals surface area contributed by atoms with Crippen LogP contribution in [0, 0.1) is 5.92 Å². The fourth-order valence-electron chi connectivity index (χ4n) is 9.05. The summed E-state index contributed by atoms with van der Waals surface area (Å²) in [5, 5.41) is 0. The van der Waals surface area contributed by atoms with Crippen LogP contribution in [0.25, 0.3) is 0 Å². The van der Waals surface area contributed by atoms with E-state index in [0.717, 1.165) is 45.4 Å². The summed E-state index contributed by atoms with van der Waals surface area (Å²) in [5.41, 5.74) is 1.52. The molecule has 0 spiro atoms. The second-order valence-electron chi connectivity index (χ2n) is 14.0. The topological polar surface area (TPSA) is 85.4 Å². The number of carbonyl (C=O) groups excluding carboxylic acids is 2. The maximum atomic E-state index is 16.4. The molecule has 5 fully saturated rings. The third-order valence-electron chi connectivity index (χ3n) is 11.5. The molecule has 1 aromatic carbocycles. The number of nitrogens with zero attached hydrogens (tertiary/aromatic N) is 7. The van der Waals surface area contributed by atoms with Crippen LogP contribution >= 0.6 is 0 Å². The minimum Gasteiger partial charge on any atom is -0.369 e. The zero-order chi connectivity index (χ0) is 31.4. The first-order valence-corrected chi connectivity index (χ1v) is 17.1. The average molecular weight is 630 g/mol. The summed E-state index contributed by atoms with van der Waals surface area (Å²) in [4.78, 5) is 47.8. The smallest absolute Gasteiger partial charge is 0.259 e. The maximum absolute atomic E-state index is 16.4. The van der Waals surface area contributed by atoms with Gasteiger partial charge in [0.15, 0.2) is 5.78 Å². The number of benzene rings is 1. The molecule has 10 nitrogen and oxygen atoms in total. The molecule has 244 valence electrons. The minimum atomic E-state index is -1.19. The van der Waals surface area contributed by atoms with Gasteiger partial charge in [-0.15, -0.1) is 0 Å². The van der Waals surface area contributed by atoms with Gasteiger partial charge in [-0.1, -0.05) is 30.3 Å². The highest BCUT2D eigenvalue weighted by atomic mass is 19.1. The van der Waals surface area contributed by atoms with Gasteiger partial charge in [-0.05, 0) is 50.3 Å². The average Bonchev–Trinajstić information content (AvgIpc) is 3.10. The number of morpholine rings is 1. The standard InChI is InChI=1S/C35H44FN7O3/c1-39-12-14-40(15-13-39)31-27(36)21-25-30-33(31)46-29-9-8-24(23-6-3-2-4-7-23)20-28(29)43(30)22-26(32(25)44)34(45)41-16-18-42(19-17-41)35-37-10-5-11-38-35/h2-7,10-11,22,24-25,27-31,33H,8-9,12-21H2,1H3. The number of rotatable bonds is 4. The van der Waals surface area contributed by atoms with E-state index in [9.17, 15) is 9.59 Å². The normalized spacial score (nSPS) is 35.3. The van der Waals surface area contributed by atoms with Crippen molar-refractivity contribution in [2.45, 2.75) is 68.1 Å². The molecular formula is C35H44FN7O3. The lowest BCUT2D eigenvalue weighted by Gasteiger charge is -2.61. The van der Waals surface area contributed by atoms with Crippen molar-refractivity contribution < 1.29 is 18.7 Å². The van der Waals surface area contributed by atoms with Crippen LogP contribution in [-0.2, 0) is 14.3 Å². The predicted octanol–water partition coefficient (Wildman–Crippen LogP) is 2.34. The Morgan fingerprint density at radius 2 is 1.63 bits per heavy atom. The molecule has 0 bridgehead atoms. The van der Waals surface area contributed by atoms with Crippen molar-refractivity contribution in [2.24, 2.45) is 5.92 Å². The molecule has 0 N–H and O–H groups in total. The Labute approximate surface area is 270 Å². The number of likely N-dealkylation sites (N-methyl/N-ethyl adjacent to an activating group) is 1. The van der Waals surface area contributed by atoms with Gasteiger partial charge < -0.3 is 24.3 Å². The first-order chi connectivity index (χ1) is 22.5. The van der Waals surface area contributed by atoms with Gasteiger partial charge >= 0.3 is 0 Å². The minimum absolute atomic E-state index is 0.0231. The molecule has 0 radical (unpaired) electrons. The van der Waals surface area contributed by atoms with Gasteiger partial charge in [-0.2, -0.15) is 0 Å². The molecule has 2 aliphatic carbocycles. The van der Waals surface area contributed by atoms with Crippen LogP contribution in [0.4, 0.5) is 10.3 Å². The number of anilines is 1. The first-order valence-electron chi connectivity index (χ1n) is 17.1. The Balaban J connectivity index is 1.10. The number of Topliss-reactive ketones (excluding diaryl/α,β-unsaturated/α-hetero) is 1. The summed E-state index contributed by atoms with van der Waals surface area (Å²) >= 11 is 0. The van der Waals surface area contributed by atoms with Crippen molar-refractivity contribution in [3.05, 3.63) is 66.1 Å². The number of ketones is 1. The molecule has 3 saturated heterocycles. The highest BCUT2D eigenvalue weighted by molar-refractivity contribution is 6.20. The second-order valence-corrected chi connectivity index (χ2v) is 14.0. The van der Waals surface area contributed by atoms with Crippen molar-refractivity contribution in [3.8, 4) is 0 Å². The SMILES string of the molecule is CN1CCN(C2C(F)CC3C(=O)C(C(=O)N4CCN(c5ncccn5)CC4)=CN4C5CC(c6ccccc6)CCC5OC2C34)CC1. The number of aromatic nitrogens is 2. The quantitative estimate of drug-likeness (QED) is 0.474. The molecule has 8 unspecified atom stereocenters. The van der Waals surface area contributed by atoms with Crippen molar-refractivity contribution in [2.75, 3.05) is 64.3 Å². The van der Waals surface area contributed by atoms with E-state index in [-0.39, 0.29) is 41.9 Å². The number of piperazine rings is 2. The number of carbonyl (C=O) groups is 2. The Bertz CT molecular complexity index is 1450. The van der Waals surface area contributed by atoms with Crippen LogP contribution in [-0.4, -0.2) is 137 Å². The van der Waals surface area contributed by atoms with Gasteiger partial charge in [0, 0.05) is 76.9 Å². The van der Waals surface area contributed by atoms with Gasteiger partial charge in [0.05, 0.1) is 35.9 Å². The Morgan fingerprint density at radius 1 is 0.891 bits per heavy atom. The van der Waals surface area contributed by atoms with Crippen LogP contribution in [0.2, 0.25) is 0 Å². The largest absolute Gasteiger partial charge is 0.369 e. The van der Waals surface area contributed by atoms with Crippen molar-refractivity contribution >= 4 is 17.6 Å². The lowest BCUT2D eigenvalue weighted by Crippen LogP contribution is -2.74. The fraction of sp³-hybridized carbons (Fsp3) is 0.600. The maximum Gasteiger partial charge on any atom is 0.259 e. The van der Waals surface area contributed by atoms with Gasteiger partial charge in [0.1, 0.15) is 6.17 Å². The molecule has 2 aromatic rings. The predicted molar refractivity (Wildman–Crippen MR) is 171 cm³/mol. The number of ether oxygens (including phenoxy) is 1. The summed E-state index contributed by atoms with van der Waals surface area (Å²) in [6.07, 6.45) is 6.50. The van der Waals surface area contributed by atoms with E-state index >= 15 is 4.39 Å². The van der Waals surface area contributed by atoms with E-state index in [1.165, 1.54) is 5.56 Å². The summed E-state index contributed by atoms with van der Waals surface area (Å²) in [5.74, 6) is -0.0620. The molecule has 5 heterocycles. The number of alkyl halides is 1. The van der Waals surface area contributed by atoms with E-state index in [1.807, 2.05) is 12.3 Å². The highest BCUT2D eigenvalue weighted by Gasteiger charge is 2.60. The molecule has 11 heteroatoms. The Morgan fingerprint density at radius 3 is 2.37 bits per heavy atom. The van der Waals surface area contributed by atoms with Crippen LogP contribution in [0.1, 0.15) is 37.2 Å². The number of amides is 1. The summed E-state index contributed by atoms with van der Waals surface area (Å²) in [6.45, 7) is 5.48. The fourth-order valence-corrected chi connectivity index (χ4v) is 9.05. The van der Waals surface area contributed by atoms with E-state index in [2.05, 4.69) is 60.9 Å². The molecular weight excluding hydrogens is 585 g/mol. The van der Waals surface area contributed by atoms with Crippen LogP contribution in [0.5, 0.6) is 0 Å². The molecule has 6 aliphatic rings. The number of hydrogen-bond acceptors (Lipinski definition) is 9. The van der Waals surface area contributed by atoms with Gasteiger partial charge in [0.2, 0.25) is 5.95 Å². The number of fused-ring (bicyclic) bond motifs is 2. The van der Waals surface area contributed by atoms with Crippen LogP contribution < -0.4 is 4.90 Å². The van der Waals surface area contributed by atoms with Gasteiger partial charge in [-0.3, -0.25) is 14.5 Å². The monoisotopic (exact) mass is 629 g/mol. The summed E-state index contributed by atoms with van der Waals surface area (Å²) < 4.78 is 23.4. The highest BCUT2D eigenvalue weighted by Crippen LogP contribution is 2.49. The van der Waals surface area contributed by atoms with Crippen molar-refractivity contribution in [1.82, 2.24) is 29.6 Å². The Hall–Kier alpha value is -3.41. The molecule has 8 atom stereocenters. The molecule has 4 aliphatic heterocycles. The molecule has 46 heavy (non-hydrogen) atoms. The molecule has 8 rings (SSSR count). The van der Waals surface area contributed by atoms with Gasteiger partial charge in [-0.25, -0.2) is 14.4 Å². The van der Waals surface area contributed by atoms with Crippen LogP contribution in [0.3, 0.4) is 0 Å². The molecule has 2 saturated carbocycles. The third-order valence-corrected chi connectivity index (χ3v) is 11.5. The second kappa shape index (κ2) is 12.3. The number of hydrogen-bond donors (Lipinski definition) is 0. The lowest BCUT2D eigenvalue weighted by atomic mass is 9.68. The summed E-state index contributed by atoms with van der Waals surface area (Å²) in [6, 6.07) is 11.8. The van der Waals surface area contributed by atoms with E-state index in [1.54, 1.807) is 23.4 Å². The van der Waals surface area contributed by atoms with Crippen LogP contribution in [0.15, 0.2) is 60.6 Å². The first kappa shape index (κ1) is 30.0. The number of halogens is 1. The van der Waals surface area contributed by atoms with Crippen molar-refractivity contribution in [1.29, 1.82) is 0 Å². The Kier molecular flexibility index (Phi) is 8.02. The van der Waals surface area contributed by atoms with E-state index in [4.69, 9.17) is 4.74 Å². The zero-order valence-corrected chi connectivity index (χ0v) is 26.5. The molecule has 1 amide bonds. The lowest BCUT2D eigenvalue weighted by molar-refractivity contribution is -0.214. The summed E-state index contributed by atoms with van der Waals surface area (Å²) in [7, 11) is 2.11.